The van der Waals surface area contributed by atoms with Crippen LogP contribution in [0, 0.1) is 11.8 Å². The third-order valence-corrected chi connectivity index (χ3v) is 3.34. The first kappa shape index (κ1) is 8.31. The van der Waals surface area contributed by atoms with Crippen LogP contribution in [0.4, 0.5) is 0 Å². The molecule has 0 bridgehead atoms. The second-order valence-electron chi connectivity index (χ2n) is 3.08. The van der Waals surface area contributed by atoms with Crippen LogP contribution < -0.4 is 0 Å². The second kappa shape index (κ2) is 3.07. The van der Waals surface area contributed by atoms with E-state index in [-0.39, 0.29) is 0 Å². The molecule has 2 unspecified atom stereocenters. The van der Waals surface area contributed by atoms with Crippen molar-refractivity contribution in [1.82, 2.24) is 0 Å². The van der Waals surface area contributed by atoms with Crippen molar-refractivity contribution in [3.63, 3.8) is 0 Å². The Labute approximate surface area is 76.5 Å². The highest BCUT2D eigenvalue weighted by Gasteiger charge is 2.13. The summed E-state index contributed by atoms with van der Waals surface area (Å²) < 4.78 is 1.42. The molecule has 0 spiro atoms. The third kappa shape index (κ3) is 1.62. The van der Waals surface area contributed by atoms with E-state index in [4.69, 9.17) is 0 Å². The van der Waals surface area contributed by atoms with Gasteiger partial charge in [0.25, 0.3) is 0 Å². The lowest BCUT2D eigenvalue weighted by Gasteiger charge is -2.19. The van der Waals surface area contributed by atoms with Gasteiger partial charge in [0.05, 0.1) is 0 Å². The molecule has 2 atom stereocenters. The van der Waals surface area contributed by atoms with E-state index in [1.54, 1.807) is 0 Å². The Morgan fingerprint density at radius 2 is 1.70 bits per heavy atom. The molecule has 10 heavy (non-hydrogen) atoms. The summed E-state index contributed by atoms with van der Waals surface area (Å²) in [6.45, 7) is 6.72. The summed E-state index contributed by atoms with van der Waals surface area (Å²) in [5, 5.41) is 0. The second-order valence-corrected chi connectivity index (χ2v) is 4.24. The van der Waals surface area contributed by atoms with Gasteiger partial charge in [-0.1, -0.05) is 26.0 Å². The fraction of sp³-hybridized carbons (Fsp3) is 0.556. The van der Waals surface area contributed by atoms with Crippen molar-refractivity contribution in [2.45, 2.75) is 20.8 Å². The number of rotatable bonds is 0. The zero-order valence-corrected chi connectivity index (χ0v) is 8.84. The Kier molecular flexibility index (Phi) is 2.55. The molecule has 0 N–H and O–H groups in total. The number of hydrogen-bond acceptors (Lipinski definition) is 0. The number of allylic oxidation sites excluding steroid dienone is 4. The Balaban J connectivity index is 2.83. The van der Waals surface area contributed by atoms with Gasteiger partial charge in [-0.05, 0) is 46.9 Å². The summed E-state index contributed by atoms with van der Waals surface area (Å²) in [4.78, 5) is 0. The molecule has 1 rings (SSSR count). The van der Waals surface area contributed by atoms with E-state index < -0.39 is 0 Å². The summed E-state index contributed by atoms with van der Waals surface area (Å²) in [6, 6.07) is 0. The SMILES string of the molecule is CC1=CC(C)C(C)C=C1I. The molecular weight excluding hydrogens is 235 g/mol. The summed E-state index contributed by atoms with van der Waals surface area (Å²) in [6.07, 6.45) is 4.70. The van der Waals surface area contributed by atoms with E-state index in [9.17, 15) is 0 Å². The molecule has 0 amide bonds. The van der Waals surface area contributed by atoms with Crippen molar-refractivity contribution in [3.05, 3.63) is 21.3 Å². The molecular formula is C9H13I. The molecule has 1 aliphatic carbocycles. The predicted octanol–water partition coefficient (Wildman–Crippen LogP) is 3.54. The Bertz CT molecular complexity index is 167. The molecule has 1 aliphatic rings. The topological polar surface area (TPSA) is 0 Å². The van der Waals surface area contributed by atoms with E-state index in [2.05, 4.69) is 55.5 Å². The van der Waals surface area contributed by atoms with Crippen molar-refractivity contribution in [2.75, 3.05) is 0 Å². The number of hydrogen-bond donors (Lipinski definition) is 0. The van der Waals surface area contributed by atoms with E-state index in [1.165, 1.54) is 9.15 Å². The van der Waals surface area contributed by atoms with Gasteiger partial charge < -0.3 is 0 Å². The Morgan fingerprint density at radius 1 is 1.20 bits per heavy atom. The minimum absolute atomic E-state index is 0.718. The maximum atomic E-state index is 2.40. The fourth-order valence-electron chi connectivity index (χ4n) is 1.14. The minimum Gasteiger partial charge on any atom is -0.0771 e. The standard InChI is InChI=1S/C9H13I/c1-6-4-8(3)9(10)5-7(6)2/h4-7H,1-3H3. The highest BCUT2D eigenvalue weighted by Crippen LogP contribution is 2.30. The van der Waals surface area contributed by atoms with Gasteiger partial charge in [-0.15, -0.1) is 0 Å². The van der Waals surface area contributed by atoms with E-state index in [0.717, 1.165) is 11.8 Å². The number of halogens is 1. The molecule has 0 radical (unpaired) electrons. The third-order valence-electron chi connectivity index (χ3n) is 2.13. The van der Waals surface area contributed by atoms with Gasteiger partial charge in [0.2, 0.25) is 0 Å². The van der Waals surface area contributed by atoms with Crippen LogP contribution in [-0.2, 0) is 0 Å². The van der Waals surface area contributed by atoms with Gasteiger partial charge in [-0.2, -0.15) is 0 Å². The fourth-order valence-corrected chi connectivity index (χ4v) is 1.89. The highest BCUT2D eigenvalue weighted by atomic mass is 127. The van der Waals surface area contributed by atoms with Crippen molar-refractivity contribution >= 4 is 22.6 Å². The zero-order valence-electron chi connectivity index (χ0n) is 6.69. The minimum atomic E-state index is 0.718. The molecule has 0 aromatic carbocycles. The van der Waals surface area contributed by atoms with Crippen LogP contribution in [0.5, 0.6) is 0 Å². The first-order valence-electron chi connectivity index (χ1n) is 3.67. The van der Waals surface area contributed by atoms with Gasteiger partial charge >= 0.3 is 0 Å². The van der Waals surface area contributed by atoms with Crippen molar-refractivity contribution in [2.24, 2.45) is 11.8 Å². The molecule has 56 valence electrons. The van der Waals surface area contributed by atoms with E-state index >= 15 is 0 Å². The average Bonchev–Trinajstić information content (AvgIpc) is 1.84. The molecule has 1 heteroatoms. The first-order chi connectivity index (χ1) is 4.61. The van der Waals surface area contributed by atoms with Crippen LogP contribution in [0.3, 0.4) is 0 Å². The summed E-state index contributed by atoms with van der Waals surface area (Å²) >= 11 is 2.40. The van der Waals surface area contributed by atoms with Gasteiger partial charge in [-0.3, -0.25) is 0 Å². The van der Waals surface area contributed by atoms with Gasteiger partial charge in [-0.25, -0.2) is 0 Å². The lowest BCUT2D eigenvalue weighted by Crippen LogP contribution is -2.07. The van der Waals surface area contributed by atoms with Crippen LogP contribution in [0.25, 0.3) is 0 Å². The molecule has 0 fully saturated rings. The Hall–Kier alpha value is 0.210. The molecule has 0 aromatic rings. The quantitative estimate of drug-likeness (QED) is 0.575. The lowest BCUT2D eigenvalue weighted by molar-refractivity contribution is 0.548. The summed E-state index contributed by atoms with van der Waals surface area (Å²) in [5.74, 6) is 1.44. The normalized spacial score (nSPS) is 33.2. The molecule has 0 saturated heterocycles. The highest BCUT2D eigenvalue weighted by molar-refractivity contribution is 14.1. The first-order valence-corrected chi connectivity index (χ1v) is 4.75. The molecule has 0 heterocycles. The molecule has 0 aromatic heterocycles. The Morgan fingerprint density at radius 3 is 2.20 bits per heavy atom. The van der Waals surface area contributed by atoms with Crippen LogP contribution in [0.15, 0.2) is 21.3 Å². The van der Waals surface area contributed by atoms with Crippen molar-refractivity contribution < 1.29 is 0 Å². The smallest absolute Gasteiger partial charge is 0.0119 e. The van der Waals surface area contributed by atoms with Crippen LogP contribution in [0.2, 0.25) is 0 Å². The van der Waals surface area contributed by atoms with Gasteiger partial charge in [0.1, 0.15) is 0 Å². The largest absolute Gasteiger partial charge is 0.0771 e. The van der Waals surface area contributed by atoms with Crippen molar-refractivity contribution in [3.8, 4) is 0 Å². The van der Waals surface area contributed by atoms with E-state index in [1.807, 2.05) is 0 Å². The van der Waals surface area contributed by atoms with E-state index in [0.29, 0.717) is 0 Å². The van der Waals surface area contributed by atoms with Crippen LogP contribution >= 0.6 is 22.6 Å². The molecule has 0 aliphatic heterocycles. The molecule has 0 saturated carbocycles. The van der Waals surface area contributed by atoms with Crippen LogP contribution in [-0.4, -0.2) is 0 Å². The lowest BCUT2D eigenvalue weighted by atomic mass is 9.89. The monoisotopic (exact) mass is 248 g/mol. The summed E-state index contributed by atoms with van der Waals surface area (Å²) in [7, 11) is 0. The van der Waals surface area contributed by atoms with Crippen LogP contribution in [0.1, 0.15) is 20.8 Å². The van der Waals surface area contributed by atoms with Crippen molar-refractivity contribution in [1.29, 1.82) is 0 Å². The zero-order chi connectivity index (χ0) is 7.72. The van der Waals surface area contributed by atoms with Gasteiger partial charge in [0.15, 0.2) is 0 Å². The maximum absolute atomic E-state index is 2.40. The van der Waals surface area contributed by atoms with Gasteiger partial charge in [0, 0.05) is 3.58 Å². The summed E-state index contributed by atoms with van der Waals surface area (Å²) in [5.41, 5.74) is 1.44. The molecule has 0 nitrogen and oxygen atoms in total. The predicted molar refractivity (Wildman–Crippen MR) is 54.2 cm³/mol. The average molecular weight is 248 g/mol. The maximum Gasteiger partial charge on any atom is 0.0119 e.